The van der Waals surface area contributed by atoms with Crippen LogP contribution in [0.15, 0.2) is 54.6 Å². The molecule has 0 aromatic heterocycles. The molecule has 0 saturated heterocycles. The number of benzene rings is 2. The summed E-state index contributed by atoms with van der Waals surface area (Å²) in [6, 6.07) is 15.7. The Bertz CT molecular complexity index is 777. The number of carbonyl (C=O) groups is 2. The molecule has 27 heavy (non-hydrogen) atoms. The molecule has 0 radical (unpaired) electrons. The molecule has 0 heterocycles. The van der Waals surface area contributed by atoms with Crippen molar-refractivity contribution in [1.29, 1.82) is 0 Å². The first-order valence-corrected chi connectivity index (χ1v) is 9.09. The van der Waals surface area contributed by atoms with Gasteiger partial charge < -0.3 is 10.4 Å². The number of anilines is 1. The van der Waals surface area contributed by atoms with E-state index in [1.807, 2.05) is 30.3 Å². The lowest BCUT2D eigenvalue weighted by molar-refractivity contribution is -0.122. The lowest BCUT2D eigenvalue weighted by Crippen LogP contribution is -2.50. The van der Waals surface area contributed by atoms with Crippen molar-refractivity contribution >= 4 is 17.7 Å². The molecule has 5 nitrogen and oxygen atoms in total. The van der Waals surface area contributed by atoms with Crippen molar-refractivity contribution in [2.24, 2.45) is 0 Å². The molecule has 0 saturated carbocycles. The van der Waals surface area contributed by atoms with Crippen LogP contribution in [0.25, 0.3) is 0 Å². The van der Waals surface area contributed by atoms with Crippen LogP contribution in [0.2, 0.25) is 0 Å². The first kappa shape index (κ1) is 20.5. The predicted octanol–water partition coefficient (Wildman–Crippen LogP) is 5.27. The van der Waals surface area contributed by atoms with Gasteiger partial charge in [0.05, 0.1) is 0 Å². The molecule has 2 aromatic rings. The van der Waals surface area contributed by atoms with Crippen molar-refractivity contribution in [3.63, 3.8) is 0 Å². The van der Waals surface area contributed by atoms with Gasteiger partial charge in [0.25, 0.3) is 5.91 Å². The summed E-state index contributed by atoms with van der Waals surface area (Å²) < 4.78 is 0. The fourth-order valence-electron chi connectivity index (χ4n) is 3.00. The number of carboxylic acid groups (broad SMARTS) is 1. The van der Waals surface area contributed by atoms with E-state index in [-0.39, 0.29) is 5.91 Å². The summed E-state index contributed by atoms with van der Waals surface area (Å²) in [5, 5.41) is 12.7. The van der Waals surface area contributed by atoms with E-state index in [4.69, 9.17) is 0 Å². The summed E-state index contributed by atoms with van der Waals surface area (Å²) in [4.78, 5) is 26.3. The third-order valence-corrected chi connectivity index (χ3v) is 4.40. The predicted molar refractivity (Wildman–Crippen MR) is 108 cm³/mol. The van der Waals surface area contributed by atoms with Gasteiger partial charge >= 0.3 is 6.09 Å². The third-order valence-electron chi connectivity index (χ3n) is 4.40. The van der Waals surface area contributed by atoms with Crippen LogP contribution in [-0.2, 0) is 4.79 Å². The second-order valence-electron chi connectivity index (χ2n) is 7.90. The summed E-state index contributed by atoms with van der Waals surface area (Å²) in [6.45, 7) is 9.55. The van der Waals surface area contributed by atoms with E-state index >= 15 is 0 Å². The molecule has 2 aromatic carbocycles. The number of hydrogen-bond donors (Lipinski definition) is 2. The topological polar surface area (TPSA) is 69.6 Å². The van der Waals surface area contributed by atoms with Crippen LogP contribution in [-0.4, -0.2) is 27.5 Å². The van der Waals surface area contributed by atoms with Crippen molar-refractivity contribution in [2.75, 3.05) is 5.32 Å². The van der Waals surface area contributed by atoms with Gasteiger partial charge in [0.1, 0.15) is 6.04 Å². The maximum Gasteiger partial charge on any atom is 0.408 e. The standard InChI is InChI=1S/C22H28N2O3/c1-15(2)16-11-13-18(14-12-16)23-20(25)19(17-9-7-6-8-10-17)24(21(26)27)22(3,4)5/h6-15,19H,1-5H3,(H,23,25)(H,26,27). The van der Waals surface area contributed by atoms with Crippen molar-refractivity contribution in [3.05, 3.63) is 65.7 Å². The highest BCUT2D eigenvalue weighted by Crippen LogP contribution is 2.30. The molecule has 2 amide bonds. The van der Waals surface area contributed by atoms with Crippen LogP contribution in [0.1, 0.15) is 57.7 Å². The maximum absolute atomic E-state index is 13.1. The highest BCUT2D eigenvalue weighted by atomic mass is 16.4. The fraction of sp³-hybridized carbons (Fsp3) is 0.364. The van der Waals surface area contributed by atoms with Crippen LogP contribution in [0.4, 0.5) is 10.5 Å². The minimum atomic E-state index is -1.14. The van der Waals surface area contributed by atoms with Gasteiger partial charge in [0.2, 0.25) is 0 Å². The first-order chi connectivity index (χ1) is 12.6. The molecule has 0 fully saturated rings. The Hall–Kier alpha value is -2.82. The lowest BCUT2D eigenvalue weighted by Gasteiger charge is -2.39. The zero-order valence-corrected chi connectivity index (χ0v) is 16.6. The zero-order chi connectivity index (χ0) is 20.2. The largest absolute Gasteiger partial charge is 0.465 e. The maximum atomic E-state index is 13.1. The molecule has 0 aliphatic heterocycles. The zero-order valence-electron chi connectivity index (χ0n) is 16.6. The van der Waals surface area contributed by atoms with E-state index in [0.29, 0.717) is 17.2 Å². The van der Waals surface area contributed by atoms with Crippen molar-refractivity contribution in [1.82, 2.24) is 4.90 Å². The molecule has 5 heteroatoms. The second-order valence-corrected chi connectivity index (χ2v) is 7.90. The molecule has 1 atom stereocenters. The highest BCUT2D eigenvalue weighted by molar-refractivity contribution is 5.97. The summed E-state index contributed by atoms with van der Waals surface area (Å²) in [5.74, 6) is 0.0195. The van der Waals surface area contributed by atoms with Crippen LogP contribution in [0, 0.1) is 0 Å². The Morgan fingerprint density at radius 2 is 1.48 bits per heavy atom. The quantitative estimate of drug-likeness (QED) is 0.755. The van der Waals surface area contributed by atoms with Crippen LogP contribution in [0.5, 0.6) is 0 Å². The van der Waals surface area contributed by atoms with Crippen molar-refractivity contribution in [2.45, 2.75) is 52.1 Å². The van der Waals surface area contributed by atoms with Gasteiger partial charge in [-0.05, 0) is 49.9 Å². The summed E-state index contributed by atoms with van der Waals surface area (Å²) >= 11 is 0. The van der Waals surface area contributed by atoms with E-state index in [9.17, 15) is 14.7 Å². The summed E-state index contributed by atoms with van der Waals surface area (Å²) in [6.07, 6.45) is -1.14. The lowest BCUT2D eigenvalue weighted by atomic mass is 9.97. The van der Waals surface area contributed by atoms with Gasteiger partial charge in [-0.15, -0.1) is 0 Å². The molecule has 0 aliphatic rings. The van der Waals surface area contributed by atoms with Crippen LogP contribution < -0.4 is 5.32 Å². The second kappa shape index (κ2) is 8.25. The Kier molecular flexibility index (Phi) is 6.26. The van der Waals surface area contributed by atoms with Crippen LogP contribution >= 0.6 is 0 Å². The van der Waals surface area contributed by atoms with Gasteiger partial charge in [0.15, 0.2) is 0 Å². The average molecular weight is 368 g/mol. The average Bonchev–Trinajstić information content (AvgIpc) is 2.59. The van der Waals surface area contributed by atoms with E-state index in [2.05, 4.69) is 19.2 Å². The first-order valence-electron chi connectivity index (χ1n) is 9.09. The number of carbonyl (C=O) groups excluding carboxylic acids is 1. The van der Waals surface area contributed by atoms with Gasteiger partial charge in [-0.3, -0.25) is 9.69 Å². The molecule has 2 rings (SSSR count). The van der Waals surface area contributed by atoms with Gasteiger partial charge in [-0.2, -0.15) is 0 Å². The SMILES string of the molecule is CC(C)c1ccc(NC(=O)C(c2ccccc2)N(C(=O)O)C(C)(C)C)cc1. The molecule has 0 spiro atoms. The Morgan fingerprint density at radius 1 is 0.926 bits per heavy atom. The van der Waals surface area contributed by atoms with E-state index in [1.54, 1.807) is 45.0 Å². The Morgan fingerprint density at radius 3 is 1.93 bits per heavy atom. The van der Waals surface area contributed by atoms with Crippen molar-refractivity contribution in [3.8, 4) is 0 Å². The molecule has 144 valence electrons. The van der Waals surface area contributed by atoms with E-state index in [1.165, 1.54) is 10.5 Å². The molecule has 0 aliphatic carbocycles. The monoisotopic (exact) mass is 368 g/mol. The van der Waals surface area contributed by atoms with E-state index < -0.39 is 17.7 Å². The Balaban J connectivity index is 2.38. The highest BCUT2D eigenvalue weighted by Gasteiger charge is 2.38. The number of nitrogens with zero attached hydrogens (tertiary/aromatic N) is 1. The number of hydrogen-bond acceptors (Lipinski definition) is 2. The van der Waals surface area contributed by atoms with E-state index in [0.717, 1.165) is 0 Å². The molecular weight excluding hydrogens is 340 g/mol. The number of nitrogens with one attached hydrogen (secondary N) is 1. The van der Waals surface area contributed by atoms with Gasteiger partial charge in [-0.25, -0.2) is 4.79 Å². The third kappa shape index (κ3) is 5.09. The normalized spacial score (nSPS) is 12.5. The minimum Gasteiger partial charge on any atom is -0.465 e. The smallest absolute Gasteiger partial charge is 0.408 e. The molecule has 0 bridgehead atoms. The molecular formula is C22H28N2O3. The molecule has 2 N–H and O–H groups in total. The fourth-order valence-corrected chi connectivity index (χ4v) is 3.00. The summed E-state index contributed by atoms with van der Waals surface area (Å²) in [7, 11) is 0. The van der Waals surface area contributed by atoms with Crippen LogP contribution in [0.3, 0.4) is 0 Å². The Labute approximate surface area is 161 Å². The summed E-state index contributed by atoms with van der Waals surface area (Å²) in [5.41, 5.74) is 1.70. The van der Waals surface area contributed by atoms with Gasteiger partial charge in [-0.1, -0.05) is 56.3 Å². The minimum absolute atomic E-state index is 0.379. The molecule has 1 unspecified atom stereocenters. The van der Waals surface area contributed by atoms with Crippen molar-refractivity contribution < 1.29 is 14.7 Å². The van der Waals surface area contributed by atoms with Gasteiger partial charge in [0, 0.05) is 11.2 Å². The number of amides is 2. The number of rotatable bonds is 5.